The summed E-state index contributed by atoms with van der Waals surface area (Å²) in [6.07, 6.45) is -1.81. The first-order valence-electron chi connectivity index (χ1n) is 7.89. The Kier molecular flexibility index (Phi) is 7.09. The van der Waals surface area contributed by atoms with E-state index in [1.165, 1.54) is 18.3 Å². The molecular formula is C17H15BrClF3N4O3. The summed E-state index contributed by atoms with van der Waals surface area (Å²) in [6.45, 7) is -0.713. The summed E-state index contributed by atoms with van der Waals surface area (Å²) in [5, 5.41) is 12.2. The zero-order valence-electron chi connectivity index (χ0n) is 14.5. The number of rotatable bonds is 4. The molecule has 4 N–H and O–H groups in total. The predicted molar refractivity (Wildman–Crippen MR) is 105 cm³/mol. The first-order chi connectivity index (χ1) is 13.2. The van der Waals surface area contributed by atoms with E-state index in [0.717, 1.165) is 12.1 Å². The van der Waals surface area contributed by atoms with Crippen LogP contribution in [0, 0.1) is 5.82 Å². The quantitative estimate of drug-likeness (QED) is 0.603. The fourth-order valence-electron chi connectivity index (χ4n) is 2.73. The van der Waals surface area contributed by atoms with Gasteiger partial charge in [-0.1, -0.05) is 0 Å². The van der Waals surface area contributed by atoms with Gasteiger partial charge in [-0.25, -0.2) is 18.2 Å². The number of halogens is 5. The van der Waals surface area contributed by atoms with E-state index in [1.54, 1.807) is 0 Å². The zero-order valence-corrected chi connectivity index (χ0v) is 16.9. The molecule has 3 rings (SSSR count). The summed E-state index contributed by atoms with van der Waals surface area (Å²) in [5.41, 5.74) is 2.43. The lowest BCUT2D eigenvalue weighted by Gasteiger charge is -2.33. The molecule has 29 heavy (non-hydrogen) atoms. The van der Waals surface area contributed by atoms with Gasteiger partial charge >= 0.3 is 0 Å². The van der Waals surface area contributed by atoms with Gasteiger partial charge in [-0.15, -0.1) is 12.4 Å². The minimum Gasteiger partial charge on any atom is -0.505 e. The van der Waals surface area contributed by atoms with Gasteiger partial charge in [0.25, 0.3) is 12.3 Å². The molecule has 0 radical (unpaired) electrons. The number of aromatic nitrogens is 1. The molecule has 12 heteroatoms. The Morgan fingerprint density at radius 2 is 2.10 bits per heavy atom. The van der Waals surface area contributed by atoms with Crippen LogP contribution in [-0.4, -0.2) is 41.5 Å². The van der Waals surface area contributed by atoms with Gasteiger partial charge in [-0.2, -0.15) is 0 Å². The molecule has 0 fully saturated rings. The molecule has 1 atom stereocenters. The van der Waals surface area contributed by atoms with E-state index < -0.39 is 41.6 Å². The number of anilines is 1. The van der Waals surface area contributed by atoms with E-state index in [-0.39, 0.29) is 36.2 Å². The Labute approximate surface area is 177 Å². The number of carbonyl (C=O) groups is 1. The molecule has 1 amide bonds. The molecule has 0 spiro atoms. The van der Waals surface area contributed by atoms with Gasteiger partial charge in [0, 0.05) is 21.9 Å². The fourth-order valence-corrected chi connectivity index (χ4v) is 3.05. The van der Waals surface area contributed by atoms with E-state index in [0.29, 0.717) is 4.47 Å². The number of nitrogens with two attached hydrogens (primary N) is 1. The SMILES string of the molecule is Cl.NC1=N[C@@](c2cc(NC(=O)c3ncc(Br)cc3O)ccc2F)(C(F)F)COC1. The van der Waals surface area contributed by atoms with Crippen molar-refractivity contribution in [3.05, 3.63) is 52.0 Å². The average Bonchev–Trinajstić information content (AvgIpc) is 2.62. The van der Waals surface area contributed by atoms with Crippen molar-refractivity contribution < 1.29 is 27.8 Å². The third-order valence-corrected chi connectivity index (χ3v) is 4.45. The molecule has 1 aromatic carbocycles. The predicted octanol–water partition coefficient (Wildman–Crippen LogP) is 3.21. The van der Waals surface area contributed by atoms with Crippen molar-refractivity contribution in [3.8, 4) is 5.75 Å². The van der Waals surface area contributed by atoms with Crippen molar-refractivity contribution in [1.82, 2.24) is 4.98 Å². The average molecular weight is 496 g/mol. The number of amides is 1. The number of ether oxygens (including phenoxy) is 1. The molecule has 0 saturated carbocycles. The number of hydrogen-bond donors (Lipinski definition) is 3. The van der Waals surface area contributed by atoms with E-state index >= 15 is 0 Å². The highest BCUT2D eigenvalue weighted by molar-refractivity contribution is 9.10. The topological polar surface area (TPSA) is 110 Å². The maximum absolute atomic E-state index is 14.4. The third-order valence-electron chi connectivity index (χ3n) is 4.02. The van der Waals surface area contributed by atoms with Crippen LogP contribution >= 0.6 is 28.3 Å². The normalized spacial score (nSPS) is 18.7. The molecule has 2 aromatic rings. The molecular weight excluding hydrogens is 481 g/mol. The second kappa shape index (κ2) is 8.97. The smallest absolute Gasteiger partial charge is 0.278 e. The van der Waals surface area contributed by atoms with E-state index in [1.807, 2.05) is 0 Å². The Morgan fingerprint density at radius 1 is 1.38 bits per heavy atom. The van der Waals surface area contributed by atoms with Gasteiger partial charge in [-0.05, 0) is 40.2 Å². The van der Waals surface area contributed by atoms with Crippen LogP contribution in [0.5, 0.6) is 5.75 Å². The van der Waals surface area contributed by atoms with Crippen LogP contribution in [0.1, 0.15) is 16.1 Å². The van der Waals surface area contributed by atoms with Crippen molar-refractivity contribution in [2.45, 2.75) is 12.0 Å². The number of alkyl halides is 2. The number of hydrogen-bond acceptors (Lipinski definition) is 6. The Bertz CT molecular complexity index is 964. The molecule has 1 aromatic heterocycles. The lowest BCUT2D eigenvalue weighted by molar-refractivity contribution is -0.0145. The van der Waals surface area contributed by atoms with Gasteiger partial charge in [0.2, 0.25) is 0 Å². The summed E-state index contributed by atoms with van der Waals surface area (Å²) < 4.78 is 47.5. The van der Waals surface area contributed by atoms with Gasteiger partial charge in [0.1, 0.15) is 24.0 Å². The molecule has 0 aliphatic carbocycles. The number of pyridine rings is 1. The van der Waals surface area contributed by atoms with Crippen LogP contribution in [0.25, 0.3) is 0 Å². The van der Waals surface area contributed by atoms with Crippen molar-refractivity contribution in [1.29, 1.82) is 0 Å². The van der Waals surface area contributed by atoms with Crippen molar-refractivity contribution >= 4 is 45.8 Å². The first kappa shape index (κ1) is 22.9. The highest BCUT2D eigenvalue weighted by Crippen LogP contribution is 2.38. The Balaban J connectivity index is 0.00000300. The molecule has 2 heterocycles. The Hall–Kier alpha value is -2.37. The number of nitrogens with zero attached hydrogens (tertiary/aromatic N) is 2. The minimum absolute atomic E-state index is 0. The first-order valence-corrected chi connectivity index (χ1v) is 8.68. The molecule has 0 saturated heterocycles. The van der Waals surface area contributed by atoms with Crippen molar-refractivity contribution in [3.63, 3.8) is 0 Å². The largest absolute Gasteiger partial charge is 0.505 e. The monoisotopic (exact) mass is 494 g/mol. The van der Waals surface area contributed by atoms with Crippen LogP contribution in [0.3, 0.4) is 0 Å². The summed E-state index contributed by atoms with van der Waals surface area (Å²) in [7, 11) is 0. The maximum atomic E-state index is 14.4. The summed E-state index contributed by atoms with van der Waals surface area (Å²) in [4.78, 5) is 19.9. The molecule has 1 aliphatic heterocycles. The molecule has 156 valence electrons. The second-order valence-electron chi connectivity index (χ2n) is 5.99. The highest BCUT2D eigenvalue weighted by atomic mass is 79.9. The molecule has 0 unspecified atom stereocenters. The summed E-state index contributed by atoms with van der Waals surface area (Å²) >= 11 is 3.10. The van der Waals surface area contributed by atoms with E-state index in [2.05, 4.69) is 31.2 Å². The van der Waals surface area contributed by atoms with E-state index in [4.69, 9.17) is 10.5 Å². The number of carbonyl (C=O) groups excluding carboxylic acids is 1. The van der Waals surface area contributed by atoms with Crippen molar-refractivity contribution in [2.24, 2.45) is 10.7 Å². The third kappa shape index (κ3) is 4.62. The molecule has 1 aliphatic rings. The van der Waals surface area contributed by atoms with Crippen LogP contribution in [-0.2, 0) is 10.3 Å². The molecule has 0 bridgehead atoms. The second-order valence-corrected chi connectivity index (χ2v) is 6.91. The number of amidine groups is 1. The van der Waals surface area contributed by atoms with Gasteiger partial charge in [0.15, 0.2) is 11.2 Å². The summed E-state index contributed by atoms with van der Waals surface area (Å²) in [6, 6.07) is 4.40. The lowest BCUT2D eigenvalue weighted by atomic mass is 9.90. The minimum atomic E-state index is -3.11. The number of benzene rings is 1. The van der Waals surface area contributed by atoms with Crippen LogP contribution in [0.15, 0.2) is 39.9 Å². The van der Waals surface area contributed by atoms with Gasteiger partial charge < -0.3 is 20.9 Å². The number of aromatic hydroxyl groups is 1. The standard InChI is InChI=1S/C17H14BrF3N4O3.ClH/c18-8-3-12(26)14(23-5-8)15(27)24-9-1-2-11(19)10(4-9)17(16(20)21)7-28-6-13(22)25-17;/h1-5,16,26H,6-7H2,(H2,22,25)(H,24,27);1H/t17-;/m0./s1. The van der Waals surface area contributed by atoms with Gasteiger partial charge in [0.05, 0.1) is 6.61 Å². The zero-order chi connectivity index (χ0) is 20.5. The van der Waals surface area contributed by atoms with Gasteiger partial charge in [-0.3, -0.25) is 9.79 Å². The number of aliphatic imine (C=N–C) groups is 1. The van der Waals surface area contributed by atoms with Crippen molar-refractivity contribution in [2.75, 3.05) is 18.5 Å². The fraction of sp³-hybridized carbons (Fsp3) is 0.235. The van der Waals surface area contributed by atoms with Crippen LogP contribution in [0.2, 0.25) is 0 Å². The van der Waals surface area contributed by atoms with E-state index in [9.17, 15) is 23.1 Å². The van der Waals surface area contributed by atoms with Crippen LogP contribution < -0.4 is 11.1 Å². The molecule has 7 nitrogen and oxygen atoms in total. The lowest BCUT2D eigenvalue weighted by Crippen LogP contribution is -2.45. The van der Waals surface area contributed by atoms with Crippen LogP contribution in [0.4, 0.5) is 18.9 Å². The highest BCUT2D eigenvalue weighted by Gasteiger charge is 2.46. The maximum Gasteiger partial charge on any atom is 0.278 e. The Morgan fingerprint density at radius 3 is 2.72 bits per heavy atom. The summed E-state index contributed by atoms with van der Waals surface area (Å²) in [5.74, 6) is -2.35. The number of nitrogens with one attached hydrogen (secondary N) is 1.